The Labute approximate surface area is 151 Å². The number of aliphatic imine (C=N–C) groups is 1. The summed E-state index contributed by atoms with van der Waals surface area (Å²) in [5, 5.41) is 3.24. The number of carbonyl (C=O) groups is 1. The molecule has 0 rings (SSSR count). The first-order valence-corrected chi connectivity index (χ1v) is 8.76. The number of rotatable bonds is 9. The van der Waals surface area contributed by atoms with Crippen LogP contribution in [0.1, 0.15) is 27.2 Å². The molecule has 7 heteroatoms. The number of likely N-dealkylation sites (N-methyl/N-ethyl adjacent to an activating group) is 2. The lowest BCUT2D eigenvalue weighted by molar-refractivity contribution is -0.131. The molecule has 0 saturated carbocycles. The largest absolute Gasteiger partial charge is 0.357 e. The van der Waals surface area contributed by atoms with Gasteiger partial charge in [0.05, 0.1) is 6.54 Å². The molecule has 1 N–H and O–H groups in total. The van der Waals surface area contributed by atoms with Gasteiger partial charge in [-0.3, -0.25) is 9.79 Å². The van der Waals surface area contributed by atoms with Crippen LogP contribution in [-0.2, 0) is 4.79 Å². The molecule has 0 fully saturated rings. The SMILES string of the molecule is CCNC(=NCCCSC)N(C)CC(=O)N(CC)CC.I. The van der Waals surface area contributed by atoms with Gasteiger partial charge in [0.25, 0.3) is 0 Å². The summed E-state index contributed by atoms with van der Waals surface area (Å²) < 4.78 is 0. The zero-order valence-electron chi connectivity index (χ0n) is 14.0. The van der Waals surface area contributed by atoms with Gasteiger partial charge in [-0.1, -0.05) is 0 Å². The Morgan fingerprint density at radius 2 is 1.86 bits per heavy atom. The van der Waals surface area contributed by atoms with Crippen molar-refractivity contribution in [2.75, 3.05) is 51.8 Å². The maximum atomic E-state index is 12.1. The van der Waals surface area contributed by atoms with Crippen LogP contribution in [-0.4, -0.2) is 73.4 Å². The van der Waals surface area contributed by atoms with Crippen molar-refractivity contribution in [2.24, 2.45) is 4.99 Å². The zero-order valence-corrected chi connectivity index (χ0v) is 17.2. The number of guanidine groups is 1. The Balaban J connectivity index is 0. The topological polar surface area (TPSA) is 47.9 Å². The molecule has 0 aromatic carbocycles. The number of amides is 1. The van der Waals surface area contributed by atoms with Crippen LogP contribution in [0, 0.1) is 0 Å². The van der Waals surface area contributed by atoms with E-state index in [4.69, 9.17) is 0 Å². The summed E-state index contributed by atoms with van der Waals surface area (Å²) in [7, 11) is 1.91. The molecular formula is C14H31IN4OS. The molecule has 0 bridgehead atoms. The fourth-order valence-corrected chi connectivity index (χ4v) is 2.24. The van der Waals surface area contributed by atoms with E-state index in [0.29, 0.717) is 6.54 Å². The van der Waals surface area contributed by atoms with Crippen LogP contribution in [0.3, 0.4) is 0 Å². The van der Waals surface area contributed by atoms with Crippen molar-refractivity contribution < 1.29 is 4.79 Å². The molecule has 0 aromatic rings. The summed E-state index contributed by atoms with van der Waals surface area (Å²) in [6, 6.07) is 0. The molecule has 126 valence electrons. The fraction of sp³-hybridized carbons (Fsp3) is 0.857. The van der Waals surface area contributed by atoms with E-state index in [2.05, 4.69) is 16.6 Å². The van der Waals surface area contributed by atoms with Gasteiger partial charge in [0.1, 0.15) is 0 Å². The minimum absolute atomic E-state index is 0. The number of halogens is 1. The first kappa shape index (κ1) is 23.1. The predicted octanol–water partition coefficient (Wildman–Crippen LogP) is 2.12. The van der Waals surface area contributed by atoms with E-state index in [0.717, 1.165) is 44.3 Å². The number of hydrogen-bond acceptors (Lipinski definition) is 3. The van der Waals surface area contributed by atoms with E-state index in [9.17, 15) is 4.79 Å². The van der Waals surface area contributed by atoms with Gasteiger partial charge in [-0.05, 0) is 39.2 Å². The highest BCUT2D eigenvalue weighted by Gasteiger charge is 2.14. The lowest BCUT2D eigenvalue weighted by atomic mass is 10.4. The van der Waals surface area contributed by atoms with Gasteiger partial charge in [0, 0.05) is 33.2 Å². The molecule has 0 spiro atoms. The van der Waals surface area contributed by atoms with E-state index in [1.54, 1.807) is 0 Å². The van der Waals surface area contributed by atoms with Crippen molar-refractivity contribution in [1.82, 2.24) is 15.1 Å². The highest BCUT2D eigenvalue weighted by atomic mass is 127. The monoisotopic (exact) mass is 430 g/mol. The molecule has 1 amide bonds. The van der Waals surface area contributed by atoms with Crippen LogP contribution in [0.4, 0.5) is 0 Å². The molecule has 21 heavy (non-hydrogen) atoms. The second-order valence-corrected chi connectivity index (χ2v) is 5.49. The average Bonchev–Trinajstić information content (AvgIpc) is 2.43. The van der Waals surface area contributed by atoms with Crippen molar-refractivity contribution in [3.05, 3.63) is 0 Å². The maximum Gasteiger partial charge on any atom is 0.242 e. The molecular weight excluding hydrogens is 399 g/mol. The van der Waals surface area contributed by atoms with Gasteiger partial charge in [-0.2, -0.15) is 11.8 Å². The second kappa shape index (κ2) is 14.7. The molecule has 0 saturated heterocycles. The number of carbonyl (C=O) groups excluding carboxylic acids is 1. The normalized spacial score (nSPS) is 10.8. The van der Waals surface area contributed by atoms with Gasteiger partial charge in [0.2, 0.25) is 5.91 Å². The van der Waals surface area contributed by atoms with Crippen LogP contribution in [0.5, 0.6) is 0 Å². The van der Waals surface area contributed by atoms with E-state index < -0.39 is 0 Å². The van der Waals surface area contributed by atoms with Crippen molar-refractivity contribution in [3.63, 3.8) is 0 Å². The quantitative estimate of drug-likeness (QED) is 0.264. The first-order valence-electron chi connectivity index (χ1n) is 7.36. The van der Waals surface area contributed by atoms with E-state index in [-0.39, 0.29) is 29.9 Å². The molecule has 0 aliphatic rings. The van der Waals surface area contributed by atoms with Crippen LogP contribution in [0.25, 0.3) is 0 Å². The van der Waals surface area contributed by atoms with Gasteiger partial charge in [-0.15, -0.1) is 24.0 Å². The van der Waals surface area contributed by atoms with Gasteiger partial charge < -0.3 is 15.1 Å². The van der Waals surface area contributed by atoms with Crippen LogP contribution in [0.15, 0.2) is 4.99 Å². The summed E-state index contributed by atoms with van der Waals surface area (Å²) >= 11 is 1.83. The number of nitrogens with one attached hydrogen (secondary N) is 1. The Morgan fingerprint density at radius 3 is 2.33 bits per heavy atom. The second-order valence-electron chi connectivity index (χ2n) is 4.50. The molecule has 0 radical (unpaired) electrons. The number of thioether (sulfide) groups is 1. The van der Waals surface area contributed by atoms with E-state index >= 15 is 0 Å². The lowest BCUT2D eigenvalue weighted by Gasteiger charge is -2.25. The minimum atomic E-state index is 0. The van der Waals surface area contributed by atoms with Crippen molar-refractivity contribution in [2.45, 2.75) is 27.2 Å². The average molecular weight is 430 g/mol. The number of nitrogens with zero attached hydrogens (tertiary/aromatic N) is 3. The Bertz CT molecular complexity index is 299. The summed E-state index contributed by atoms with van der Waals surface area (Å²) in [5.41, 5.74) is 0. The van der Waals surface area contributed by atoms with Crippen molar-refractivity contribution in [1.29, 1.82) is 0 Å². The number of hydrogen-bond donors (Lipinski definition) is 1. The van der Waals surface area contributed by atoms with Gasteiger partial charge in [0.15, 0.2) is 5.96 Å². The van der Waals surface area contributed by atoms with E-state index in [1.807, 2.05) is 49.4 Å². The summed E-state index contributed by atoms with van der Waals surface area (Å²) in [6.07, 6.45) is 3.16. The summed E-state index contributed by atoms with van der Waals surface area (Å²) in [5.74, 6) is 2.08. The predicted molar refractivity (Wildman–Crippen MR) is 105 cm³/mol. The fourth-order valence-electron chi connectivity index (χ4n) is 1.82. The maximum absolute atomic E-state index is 12.1. The first-order chi connectivity index (χ1) is 9.60. The Kier molecular flexibility index (Phi) is 16.2. The third kappa shape index (κ3) is 10.2. The Morgan fingerprint density at radius 1 is 1.24 bits per heavy atom. The van der Waals surface area contributed by atoms with E-state index in [1.165, 1.54) is 0 Å². The smallest absolute Gasteiger partial charge is 0.242 e. The molecule has 0 atom stereocenters. The zero-order chi connectivity index (χ0) is 15.4. The third-order valence-corrected chi connectivity index (χ3v) is 3.65. The van der Waals surface area contributed by atoms with Gasteiger partial charge in [-0.25, -0.2) is 0 Å². The third-order valence-electron chi connectivity index (χ3n) is 2.95. The molecule has 0 aliphatic heterocycles. The highest BCUT2D eigenvalue weighted by molar-refractivity contribution is 14.0. The highest BCUT2D eigenvalue weighted by Crippen LogP contribution is 1.97. The summed E-state index contributed by atoms with van der Waals surface area (Å²) in [4.78, 5) is 20.4. The molecule has 5 nitrogen and oxygen atoms in total. The summed E-state index contributed by atoms with van der Waals surface area (Å²) in [6.45, 7) is 9.53. The molecule has 0 aliphatic carbocycles. The van der Waals surface area contributed by atoms with Crippen molar-refractivity contribution in [3.8, 4) is 0 Å². The molecule has 0 aromatic heterocycles. The Hall–Kier alpha value is -0.180. The molecule has 0 heterocycles. The van der Waals surface area contributed by atoms with Crippen LogP contribution >= 0.6 is 35.7 Å². The lowest BCUT2D eigenvalue weighted by Crippen LogP contribution is -2.45. The van der Waals surface area contributed by atoms with Gasteiger partial charge >= 0.3 is 0 Å². The van der Waals surface area contributed by atoms with Crippen LogP contribution < -0.4 is 5.32 Å². The standard InChI is InChI=1S/C14H30N4OS.HI/c1-6-15-14(16-10-9-11-20-5)17(4)12-13(19)18(7-2)8-3;/h6-12H2,1-5H3,(H,15,16);1H. The molecule has 0 unspecified atom stereocenters. The van der Waals surface area contributed by atoms with Crippen LogP contribution in [0.2, 0.25) is 0 Å². The minimum Gasteiger partial charge on any atom is -0.357 e. The van der Waals surface area contributed by atoms with Crippen molar-refractivity contribution >= 4 is 47.6 Å².